The summed E-state index contributed by atoms with van der Waals surface area (Å²) in [5.41, 5.74) is 7.42. The lowest BCUT2D eigenvalue weighted by Crippen LogP contribution is -2.34. The summed E-state index contributed by atoms with van der Waals surface area (Å²) >= 11 is 3.22. The molecule has 0 spiro atoms. The van der Waals surface area contributed by atoms with Crippen LogP contribution in [0.4, 0.5) is 15.8 Å². The molecule has 0 aliphatic carbocycles. The standard InChI is InChI=1S/C14H15BrFN3O/c1-19(12-8-18-13(15)7-11(12)17)14(20)6-9-4-2-3-5-10(9)16/h2-5,7-8,14,20H,6H2,1H3,(H2,17,18). The van der Waals surface area contributed by atoms with E-state index in [9.17, 15) is 9.50 Å². The van der Waals surface area contributed by atoms with Crippen molar-refractivity contribution in [3.05, 3.63) is 52.5 Å². The number of aromatic nitrogens is 1. The topological polar surface area (TPSA) is 62.4 Å². The van der Waals surface area contributed by atoms with Gasteiger partial charge in [0.1, 0.15) is 16.6 Å². The first-order valence-corrected chi connectivity index (χ1v) is 6.83. The van der Waals surface area contributed by atoms with Gasteiger partial charge >= 0.3 is 0 Å². The van der Waals surface area contributed by atoms with Crippen molar-refractivity contribution < 1.29 is 9.50 Å². The third-order valence-electron chi connectivity index (χ3n) is 3.07. The summed E-state index contributed by atoms with van der Waals surface area (Å²) in [6, 6.07) is 8.03. The van der Waals surface area contributed by atoms with Gasteiger partial charge in [0.15, 0.2) is 0 Å². The van der Waals surface area contributed by atoms with Crippen LogP contribution in [-0.2, 0) is 6.42 Å². The lowest BCUT2D eigenvalue weighted by atomic mass is 10.1. The molecule has 0 amide bonds. The summed E-state index contributed by atoms with van der Waals surface area (Å²) < 4.78 is 14.2. The monoisotopic (exact) mass is 339 g/mol. The van der Waals surface area contributed by atoms with Crippen molar-refractivity contribution in [2.75, 3.05) is 17.7 Å². The van der Waals surface area contributed by atoms with E-state index < -0.39 is 6.23 Å². The molecule has 1 atom stereocenters. The molecule has 0 saturated carbocycles. The number of rotatable bonds is 4. The van der Waals surface area contributed by atoms with Crippen LogP contribution in [0.1, 0.15) is 5.56 Å². The summed E-state index contributed by atoms with van der Waals surface area (Å²) in [5.74, 6) is -0.332. The number of benzene rings is 1. The largest absolute Gasteiger partial charge is 0.397 e. The maximum Gasteiger partial charge on any atom is 0.130 e. The minimum atomic E-state index is -0.892. The van der Waals surface area contributed by atoms with Gasteiger partial charge in [-0.05, 0) is 33.6 Å². The molecule has 1 unspecified atom stereocenters. The third kappa shape index (κ3) is 3.26. The van der Waals surface area contributed by atoms with E-state index in [4.69, 9.17) is 5.73 Å². The maximum atomic E-state index is 13.6. The van der Waals surface area contributed by atoms with Gasteiger partial charge in [-0.1, -0.05) is 18.2 Å². The molecule has 3 N–H and O–H groups in total. The zero-order valence-electron chi connectivity index (χ0n) is 10.9. The first kappa shape index (κ1) is 14.7. The minimum Gasteiger partial charge on any atom is -0.397 e. The molecule has 2 rings (SSSR count). The van der Waals surface area contributed by atoms with Crippen LogP contribution >= 0.6 is 15.9 Å². The maximum absolute atomic E-state index is 13.6. The van der Waals surface area contributed by atoms with Gasteiger partial charge < -0.3 is 15.7 Å². The van der Waals surface area contributed by atoms with Gasteiger partial charge in [0.25, 0.3) is 0 Å². The van der Waals surface area contributed by atoms with Crippen molar-refractivity contribution in [3.63, 3.8) is 0 Å². The number of anilines is 2. The lowest BCUT2D eigenvalue weighted by Gasteiger charge is -2.26. The van der Waals surface area contributed by atoms with Crippen LogP contribution in [0.2, 0.25) is 0 Å². The first-order chi connectivity index (χ1) is 9.49. The fraction of sp³-hybridized carbons (Fsp3) is 0.214. The molecule has 0 aliphatic heterocycles. The number of nitrogen functional groups attached to an aromatic ring is 1. The lowest BCUT2D eigenvalue weighted by molar-refractivity contribution is 0.174. The van der Waals surface area contributed by atoms with Gasteiger partial charge in [-0.2, -0.15) is 0 Å². The number of likely N-dealkylation sites (N-methyl/N-ethyl adjacent to an activating group) is 1. The van der Waals surface area contributed by atoms with E-state index in [1.54, 1.807) is 42.4 Å². The van der Waals surface area contributed by atoms with Gasteiger partial charge in [-0.3, -0.25) is 0 Å². The summed E-state index contributed by atoms with van der Waals surface area (Å²) in [6.07, 6.45) is 0.833. The van der Waals surface area contributed by atoms with Crippen LogP contribution in [0.5, 0.6) is 0 Å². The van der Waals surface area contributed by atoms with Crippen LogP contribution in [0.25, 0.3) is 0 Å². The van der Waals surface area contributed by atoms with Crippen LogP contribution in [0.3, 0.4) is 0 Å². The summed E-state index contributed by atoms with van der Waals surface area (Å²) in [4.78, 5) is 5.65. The number of nitrogens with two attached hydrogens (primary N) is 1. The van der Waals surface area contributed by atoms with Crippen molar-refractivity contribution in [2.24, 2.45) is 0 Å². The molecule has 1 aromatic heterocycles. The van der Waals surface area contributed by atoms with Crippen LogP contribution < -0.4 is 10.6 Å². The zero-order valence-corrected chi connectivity index (χ0v) is 12.5. The SMILES string of the molecule is CN(c1cnc(Br)cc1N)C(O)Cc1ccccc1F. The van der Waals surface area contributed by atoms with E-state index in [1.807, 2.05) is 0 Å². The highest BCUT2D eigenvalue weighted by molar-refractivity contribution is 9.10. The van der Waals surface area contributed by atoms with E-state index in [-0.39, 0.29) is 12.2 Å². The third-order valence-corrected chi connectivity index (χ3v) is 3.50. The molecule has 2 aromatic rings. The van der Waals surface area contributed by atoms with Crippen LogP contribution in [0.15, 0.2) is 41.1 Å². The number of nitrogens with zero attached hydrogens (tertiary/aromatic N) is 2. The Labute approximate surface area is 125 Å². The smallest absolute Gasteiger partial charge is 0.130 e. The quantitative estimate of drug-likeness (QED) is 0.663. The number of hydrogen-bond acceptors (Lipinski definition) is 4. The minimum absolute atomic E-state index is 0.165. The highest BCUT2D eigenvalue weighted by Gasteiger charge is 2.17. The predicted octanol–water partition coefficient (Wildman–Crippen LogP) is 2.56. The fourth-order valence-electron chi connectivity index (χ4n) is 1.89. The molecule has 20 heavy (non-hydrogen) atoms. The Morgan fingerprint density at radius 2 is 2.15 bits per heavy atom. The Hall–Kier alpha value is -1.66. The molecule has 0 aliphatic rings. The number of hydrogen-bond donors (Lipinski definition) is 2. The molecule has 0 saturated heterocycles. The van der Waals surface area contributed by atoms with Crippen molar-refractivity contribution >= 4 is 27.3 Å². The molecule has 106 valence electrons. The average molecular weight is 340 g/mol. The molecular weight excluding hydrogens is 325 g/mol. The van der Waals surface area contributed by atoms with Gasteiger partial charge in [-0.15, -0.1) is 0 Å². The fourth-order valence-corrected chi connectivity index (χ4v) is 2.24. The Balaban J connectivity index is 2.16. The van der Waals surface area contributed by atoms with E-state index in [1.165, 1.54) is 6.07 Å². The van der Waals surface area contributed by atoms with Crippen LogP contribution in [0, 0.1) is 5.82 Å². The summed E-state index contributed by atoms with van der Waals surface area (Å²) in [5, 5.41) is 10.2. The number of halogens is 2. The first-order valence-electron chi connectivity index (χ1n) is 6.04. The number of aliphatic hydroxyl groups excluding tert-OH is 1. The highest BCUT2D eigenvalue weighted by atomic mass is 79.9. The van der Waals surface area contributed by atoms with Gasteiger partial charge in [0.05, 0.1) is 17.6 Å². The Kier molecular flexibility index (Phi) is 4.57. The second-order valence-electron chi connectivity index (χ2n) is 4.45. The Morgan fingerprint density at radius 1 is 1.45 bits per heavy atom. The number of aliphatic hydroxyl groups is 1. The number of pyridine rings is 1. The normalized spacial score (nSPS) is 12.2. The predicted molar refractivity (Wildman–Crippen MR) is 80.9 cm³/mol. The van der Waals surface area contributed by atoms with Crippen molar-refractivity contribution in [3.8, 4) is 0 Å². The van der Waals surface area contributed by atoms with E-state index in [0.29, 0.717) is 21.5 Å². The molecule has 0 bridgehead atoms. The molecule has 4 nitrogen and oxygen atoms in total. The van der Waals surface area contributed by atoms with Crippen molar-refractivity contribution in [1.82, 2.24) is 4.98 Å². The van der Waals surface area contributed by atoms with Crippen LogP contribution in [-0.4, -0.2) is 23.4 Å². The summed E-state index contributed by atoms with van der Waals surface area (Å²) in [6.45, 7) is 0. The van der Waals surface area contributed by atoms with E-state index in [2.05, 4.69) is 20.9 Å². The second kappa shape index (κ2) is 6.19. The Bertz CT molecular complexity index is 609. The highest BCUT2D eigenvalue weighted by Crippen LogP contribution is 2.25. The average Bonchev–Trinajstić information content (AvgIpc) is 2.40. The van der Waals surface area contributed by atoms with E-state index >= 15 is 0 Å². The molecule has 1 heterocycles. The molecule has 6 heteroatoms. The molecule has 0 radical (unpaired) electrons. The van der Waals surface area contributed by atoms with Gasteiger partial charge in [0.2, 0.25) is 0 Å². The van der Waals surface area contributed by atoms with Crippen molar-refractivity contribution in [2.45, 2.75) is 12.6 Å². The van der Waals surface area contributed by atoms with E-state index in [0.717, 1.165) is 0 Å². The molecular formula is C14H15BrFN3O. The summed E-state index contributed by atoms with van der Waals surface area (Å²) in [7, 11) is 1.69. The second-order valence-corrected chi connectivity index (χ2v) is 5.27. The molecule has 1 aromatic carbocycles. The van der Waals surface area contributed by atoms with Gasteiger partial charge in [-0.25, -0.2) is 9.37 Å². The Morgan fingerprint density at radius 3 is 2.80 bits per heavy atom. The zero-order chi connectivity index (χ0) is 14.7. The van der Waals surface area contributed by atoms with Gasteiger partial charge in [0, 0.05) is 13.5 Å². The molecule has 0 fully saturated rings. The van der Waals surface area contributed by atoms with Crippen molar-refractivity contribution in [1.29, 1.82) is 0 Å².